The van der Waals surface area contributed by atoms with E-state index in [-0.39, 0.29) is 30.2 Å². The van der Waals surface area contributed by atoms with Crippen molar-refractivity contribution in [2.24, 2.45) is 0 Å². The molecule has 1 aliphatic carbocycles. The van der Waals surface area contributed by atoms with E-state index in [0.717, 1.165) is 62.1 Å². The Kier molecular flexibility index (Phi) is 5.39. The van der Waals surface area contributed by atoms with Gasteiger partial charge in [-0.25, -0.2) is 9.07 Å². The van der Waals surface area contributed by atoms with Crippen LogP contribution >= 0.6 is 12.4 Å². The molecule has 2 aromatic rings. The van der Waals surface area contributed by atoms with Crippen molar-refractivity contribution in [3.05, 3.63) is 47.0 Å². The van der Waals surface area contributed by atoms with Crippen molar-refractivity contribution >= 4 is 18.3 Å². The van der Waals surface area contributed by atoms with Gasteiger partial charge in [-0.1, -0.05) is 0 Å². The van der Waals surface area contributed by atoms with Crippen molar-refractivity contribution in [3.8, 4) is 5.69 Å². The molecular weight excluding hydrogens is 343 g/mol. The highest BCUT2D eigenvalue weighted by molar-refractivity contribution is 5.94. The van der Waals surface area contributed by atoms with Gasteiger partial charge in [-0.15, -0.1) is 12.4 Å². The number of piperidine rings is 1. The monoisotopic (exact) mass is 364 g/mol. The number of carbonyl (C=O) groups is 1. The molecule has 5 nitrogen and oxygen atoms in total. The Bertz CT molecular complexity index is 753. The molecule has 4 rings (SSSR count). The first-order chi connectivity index (χ1) is 11.7. The summed E-state index contributed by atoms with van der Waals surface area (Å²) in [6.45, 7) is 1.83. The number of benzene rings is 1. The van der Waals surface area contributed by atoms with E-state index in [4.69, 9.17) is 0 Å². The molecule has 0 unspecified atom stereocenters. The van der Waals surface area contributed by atoms with Crippen LogP contribution in [0.4, 0.5) is 4.39 Å². The van der Waals surface area contributed by atoms with Crippen LogP contribution in [0.2, 0.25) is 0 Å². The normalized spacial score (nSPS) is 19.2. The standard InChI is InChI=1S/C18H21FN4O.ClH/c19-12-6-8-14(9-7-12)23-16-5-1-4-15(16)17(22-23)18(24)21-13-3-2-10-20-11-13;/h6-9,13,20H,1-5,10-11H2,(H,21,24);1H/t13-;/m0./s1. The molecule has 1 fully saturated rings. The fraction of sp³-hybridized carbons (Fsp3) is 0.444. The number of nitrogens with one attached hydrogen (secondary N) is 2. The van der Waals surface area contributed by atoms with Crippen molar-refractivity contribution in [1.82, 2.24) is 20.4 Å². The summed E-state index contributed by atoms with van der Waals surface area (Å²) >= 11 is 0. The predicted molar refractivity (Wildman–Crippen MR) is 96.2 cm³/mol. The topological polar surface area (TPSA) is 59.0 Å². The minimum absolute atomic E-state index is 0. The first kappa shape index (κ1) is 17.9. The minimum Gasteiger partial charge on any atom is -0.347 e. The predicted octanol–water partition coefficient (Wildman–Crippen LogP) is 2.40. The second kappa shape index (κ2) is 7.54. The van der Waals surface area contributed by atoms with Crippen LogP contribution in [0.1, 0.15) is 41.0 Å². The van der Waals surface area contributed by atoms with Gasteiger partial charge in [-0.05, 0) is 62.9 Å². The number of nitrogens with zero attached hydrogens (tertiary/aromatic N) is 2. The molecule has 1 atom stereocenters. The molecule has 25 heavy (non-hydrogen) atoms. The maximum Gasteiger partial charge on any atom is 0.272 e. The van der Waals surface area contributed by atoms with Gasteiger partial charge in [0.05, 0.1) is 5.69 Å². The smallest absolute Gasteiger partial charge is 0.272 e. The second-order valence-corrected chi connectivity index (χ2v) is 6.53. The lowest BCUT2D eigenvalue weighted by Crippen LogP contribution is -2.45. The van der Waals surface area contributed by atoms with Gasteiger partial charge in [-0.2, -0.15) is 5.10 Å². The van der Waals surface area contributed by atoms with E-state index >= 15 is 0 Å². The fourth-order valence-electron chi connectivity index (χ4n) is 3.64. The summed E-state index contributed by atoms with van der Waals surface area (Å²) in [6, 6.07) is 6.41. The zero-order valence-electron chi connectivity index (χ0n) is 13.9. The molecule has 1 saturated heterocycles. The number of rotatable bonds is 3. The first-order valence-electron chi connectivity index (χ1n) is 8.60. The molecule has 0 spiro atoms. The maximum atomic E-state index is 13.2. The summed E-state index contributed by atoms with van der Waals surface area (Å²) in [4.78, 5) is 12.7. The van der Waals surface area contributed by atoms with Crippen LogP contribution in [-0.4, -0.2) is 34.8 Å². The second-order valence-electron chi connectivity index (χ2n) is 6.53. The average Bonchev–Trinajstić information content (AvgIpc) is 3.19. The quantitative estimate of drug-likeness (QED) is 0.879. The average molecular weight is 365 g/mol. The van der Waals surface area contributed by atoms with E-state index in [9.17, 15) is 9.18 Å². The van der Waals surface area contributed by atoms with E-state index in [1.54, 1.807) is 16.8 Å². The first-order valence-corrected chi connectivity index (χ1v) is 8.60. The van der Waals surface area contributed by atoms with Crippen LogP contribution in [0.3, 0.4) is 0 Å². The van der Waals surface area contributed by atoms with Crippen LogP contribution in [0.15, 0.2) is 24.3 Å². The van der Waals surface area contributed by atoms with Gasteiger partial charge in [0.2, 0.25) is 0 Å². The molecule has 134 valence electrons. The van der Waals surface area contributed by atoms with Crippen LogP contribution in [0.5, 0.6) is 0 Å². The highest BCUT2D eigenvalue weighted by atomic mass is 35.5. The zero-order valence-corrected chi connectivity index (χ0v) is 14.7. The molecule has 1 aromatic heterocycles. The number of carbonyl (C=O) groups excluding carboxylic acids is 1. The van der Waals surface area contributed by atoms with Gasteiger partial charge in [0.1, 0.15) is 5.82 Å². The van der Waals surface area contributed by atoms with Gasteiger partial charge in [0, 0.05) is 23.8 Å². The lowest BCUT2D eigenvalue weighted by atomic mass is 10.1. The summed E-state index contributed by atoms with van der Waals surface area (Å²) < 4.78 is 15.0. The highest BCUT2D eigenvalue weighted by Gasteiger charge is 2.28. The van der Waals surface area contributed by atoms with E-state index in [1.807, 2.05) is 0 Å². The van der Waals surface area contributed by atoms with E-state index < -0.39 is 0 Å². The van der Waals surface area contributed by atoms with Crippen LogP contribution in [0.25, 0.3) is 5.69 Å². The highest BCUT2D eigenvalue weighted by Crippen LogP contribution is 2.28. The Labute approximate surface area is 152 Å². The van der Waals surface area contributed by atoms with Gasteiger partial charge in [0.15, 0.2) is 5.69 Å². The molecular formula is C18H22ClFN4O. The number of fused-ring (bicyclic) bond motifs is 1. The molecule has 0 bridgehead atoms. The van der Waals surface area contributed by atoms with Gasteiger partial charge >= 0.3 is 0 Å². The third-order valence-electron chi connectivity index (χ3n) is 4.85. The van der Waals surface area contributed by atoms with Crippen LogP contribution in [0, 0.1) is 5.82 Å². The van der Waals surface area contributed by atoms with Gasteiger partial charge < -0.3 is 10.6 Å². The largest absolute Gasteiger partial charge is 0.347 e. The SMILES string of the molecule is Cl.O=C(N[C@H]1CCCNC1)c1nn(-c2ccc(F)cc2)c2c1CCC2. The Morgan fingerprint density at radius 3 is 2.76 bits per heavy atom. The summed E-state index contributed by atoms with van der Waals surface area (Å²) in [5.74, 6) is -0.368. The Hall–Kier alpha value is -1.92. The van der Waals surface area contributed by atoms with Crippen LogP contribution in [-0.2, 0) is 12.8 Å². The minimum atomic E-state index is -0.273. The van der Waals surface area contributed by atoms with Crippen molar-refractivity contribution in [3.63, 3.8) is 0 Å². The Balaban J connectivity index is 0.00000182. The fourth-order valence-corrected chi connectivity index (χ4v) is 3.64. The number of halogens is 2. The molecule has 0 saturated carbocycles. The summed E-state index contributed by atoms with van der Waals surface area (Å²) in [5.41, 5.74) is 3.44. The lowest BCUT2D eigenvalue weighted by Gasteiger charge is -2.23. The van der Waals surface area contributed by atoms with E-state index in [0.29, 0.717) is 5.69 Å². The maximum absolute atomic E-state index is 13.2. The van der Waals surface area contributed by atoms with Crippen LogP contribution < -0.4 is 10.6 Å². The molecule has 1 aromatic carbocycles. The zero-order chi connectivity index (χ0) is 16.5. The third-order valence-corrected chi connectivity index (χ3v) is 4.85. The molecule has 2 aliphatic rings. The molecule has 7 heteroatoms. The summed E-state index contributed by atoms with van der Waals surface area (Å²) in [6.07, 6.45) is 4.88. The number of aromatic nitrogens is 2. The summed E-state index contributed by atoms with van der Waals surface area (Å²) in [5, 5.41) is 11.0. The summed E-state index contributed by atoms with van der Waals surface area (Å²) in [7, 11) is 0. The van der Waals surface area contributed by atoms with Crippen molar-refractivity contribution < 1.29 is 9.18 Å². The van der Waals surface area contributed by atoms with Crippen molar-refractivity contribution in [2.45, 2.75) is 38.1 Å². The van der Waals surface area contributed by atoms with Gasteiger partial charge in [0.25, 0.3) is 5.91 Å². The van der Waals surface area contributed by atoms with Crippen molar-refractivity contribution in [1.29, 1.82) is 0 Å². The van der Waals surface area contributed by atoms with E-state index in [2.05, 4.69) is 15.7 Å². The molecule has 1 aliphatic heterocycles. The van der Waals surface area contributed by atoms with Crippen molar-refractivity contribution in [2.75, 3.05) is 13.1 Å². The van der Waals surface area contributed by atoms with E-state index in [1.165, 1.54) is 12.1 Å². The molecule has 2 N–H and O–H groups in total. The molecule has 2 heterocycles. The van der Waals surface area contributed by atoms with Gasteiger partial charge in [-0.3, -0.25) is 4.79 Å². The Morgan fingerprint density at radius 2 is 2.04 bits per heavy atom. The molecule has 1 amide bonds. The molecule has 0 radical (unpaired) electrons. The number of hydrogen-bond acceptors (Lipinski definition) is 3. The lowest BCUT2D eigenvalue weighted by molar-refractivity contribution is 0.0924. The number of amides is 1. The number of hydrogen-bond donors (Lipinski definition) is 2. The Morgan fingerprint density at radius 1 is 1.24 bits per heavy atom. The third kappa shape index (κ3) is 3.55.